The van der Waals surface area contributed by atoms with Crippen LogP contribution in [0.25, 0.3) is 77.2 Å². The molecule has 0 saturated heterocycles. The summed E-state index contributed by atoms with van der Waals surface area (Å²) in [5.41, 5.74) is 20.9. The first kappa shape index (κ1) is 54.4. The maximum Gasteiger partial charge on any atom is 0.0991 e. The molecule has 2 aromatic heterocycles. The van der Waals surface area contributed by atoms with E-state index in [0.717, 1.165) is 55.9 Å². The van der Waals surface area contributed by atoms with Crippen LogP contribution in [0.4, 0.5) is 0 Å². The van der Waals surface area contributed by atoms with Crippen LogP contribution in [0.3, 0.4) is 0 Å². The average molecular weight is 1080 g/mol. The fraction of sp³-hybridized carbons (Fsp3) is 0.215. The molecule has 12 rings (SSSR count). The zero-order chi connectivity index (χ0) is 58.4. The Balaban J connectivity index is 1.10. The van der Waals surface area contributed by atoms with Gasteiger partial charge in [-0.1, -0.05) is 204 Å². The normalized spacial score (nSPS) is 12.6. The monoisotopic (exact) mass is 1080 g/mol. The van der Waals surface area contributed by atoms with Crippen molar-refractivity contribution in [1.29, 1.82) is 10.5 Å². The van der Waals surface area contributed by atoms with Gasteiger partial charge in [-0.15, -0.1) is 0 Å². The molecule has 4 heteroatoms. The summed E-state index contributed by atoms with van der Waals surface area (Å²) in [6, 6.07) is 85.1. The van der Waals surface area contributed by atoms with E-state index in [1.54, 1.807) is 0 Å². The zero-order valence-corrected chi connectivity index (χ0v) is 50.1. The number of rotatable bonds is 8. The second-order valence-electron chi connectivity index (χ2n) is 27.0. The van der Waals surface area contributed by atoms with Crippen LogP contribution in [0.15, 0.2) is 218 Å². The van der Waals surface area contributed by atoms with Gasteiger partial charge in [-0.3, -0.25) is 0 Å². The lowest BCUT2D eigenvalue weighted by molar-refractivity contribution is 0.590. The third-order valence-electron chi connectivity index (χ3n) is 17.4. The van der Waals surface area contributed by atoms with E-state index in [4.69, 9.17) is 0 Å². The van der Waals surface area contributed by atoms with Crippen molar-refractivity contribution >= 4 is 43.6 Å². The van der Waals surface area contributed by atoms with Crippen LogP contribution in [-0.2, 0) is 27.1 Å². The highest BCUT2D eigenvalue weighted by molar-refractivity contribution is 6.11. The molecule has 0 aliphatic carbocycles. The van der Waals surface area contributed by atoms with E-state index in [9.17, 15) is 10.5 Å². The first-order chi connectivity index (χ1) is 39.5. The van der Waals surface area contributed by atoms with Gasteiger partial charge in [0.05, 0.1) is 50.7 Å². The first-order valence-corrected chi connectivity index (χ1v) is 29.2. The maximum atomic E-state index is 9.92. The van der Waals surface area contributed by atoms with Crippen molar-refractivity contribution < 1.29 is 0 Å². The predicted molar refractivity (Wildman–Crippen MR) is 349 cm³/mol. The molecule has 408 valence electrons. The van der Waals surface area contributed by atoms with E-state index in [2.05, 4.69) is 286 Å². The average Bonchev–Trinajstić information content (AvgIpc) is 2.25. The smallest absolute Gasteiger partial charge is 0.0991 e. The summed E-state index contributed by atoms with van der Waals surface area (Å²) in [6.45, 7) is 27.5. The minimum atomic E-state index is -0.842. The predicted octanol–water partition coefficient (Wildman–Crippen LogP) is 20.5. The van der Waals surface area contributed by atoms with Crippen LogP contribution in [-0.4, -0.2) is 9.13 Å². The van der Waals surface area contributed by atoms with Gasteiger partial charge in [0.1, 0.15) is 0 Å². The molecule has 0 aliphatic heterocycles. The molecule has 0 bridgehead atoms. The van der Waals surface area contributed by atoms with Gasteiger partial charge in [-0.2, -0.15) is 10.5 Å². The Morgan fingerprint density at radius 2 is 0.518 bits per heavy atom. The van der Waals surface area contributed by atoms with E-state index in [-0.39, 0.29) is 21.7 Å². The molecule has 0 N–H and O–H groups in total. The number of benzene rings is 10. The molecule has 0 fully saturated rings. The number of aromatic nitrogens is 2. The van der Waals surface area contributed by atoms with Crippen LogP contribution < -0.4 is 0 Å². The van der Waals surface area contributed by atoms with E-state index in [1.165, 1.54) is 65.9 Å². The Morgan fingerprint density at radius 3 is 0.771 bits per heavy atom. The number of hydrogen-bond acceptors (Lipinski definition) is 2. The second-order valence-corrected chi connectivity index (χ2v) is 27.0. The fourth-order valence-corrected chi connectivity index (χ4v) is 12.6. The molecule has 0 spiro atoms. The third-order valence-corrected chi connectivity index (χ3v) is 17.4. The van der Waals surface area contributed by atoms with Crippen molar-refractivity contribution in [2.24, 2.45) is 0 Å². The molecule has 4 nitrogen and oxygen atoms in total. The summed E-state index contributed by atoms with van der Waals surface area (Å²) in [7, 11) is 0. The molecule has 83 heavy (non-hydrogen) atoms. The van der Waals surface area contributed by atoms with Gasteiger partial charge in [0.15, 0.2) is 0 Å². The van der Waals surface area contributed by atoms with E-state index < -0.39 is 5.41 Å². The molecular weight excluding hydrogens is 1000 g/mol. The Bertz CT molecular complexity index is 4120. The van der Waals surface area contributed by atoms with Gasteiger partial charge in [0.25, 0.3) is 0 Å². The summed E-state index contributed by atoms with van der Waals surface area (Å²) >= 11 is 0. The fourth-order valence-electron chi connectivity index (χ4n) is 12.6. The number of fused-ring (bicyclic) bond motifs is 6. The molecule has 0 radical (unpaired) electrons. The van der Waals surface area contributed by atoms with E-state index in [1.807, 2.05) is 36.4 Å². The van der Waals surface area contributed by atoms with Crippen LogP contribution in [0.1, 0.15) is 139 Å². The van der Waals surface area contributed by atoms with Crippen molar-refractivity contribution in [3.63, 3.8) is 0 Å². The summed E-state index contributed by atoms with van der Waals surface area (Å²) in [6.07, 6.45) is 0. The quantitative estimate of drug-likeness (QED) is 0.142. The minimum Gasteiger partial charge on any atom is -0.309 e. The maximum absolute atomic E-state index is 9.92. The molecule has 12 aromatic rings. The van der Waals surface area contributed by atoms with Gasteiger partial charge in [0, 0.05) is 32.9 Å². The van der Waals surface area contributed by atoms with Crippen molar-refractivity contribution in [3.05, 3.63) is 274 Å². The van der Waals surface area contributed by atoms with Gasteiger partial charge in [-0.25, -0.2) is 0 Å². The molecule has 0 unspecified atom stereocenters. The van der Waals surface area contributed by atoms with E-state index >= 15 is 0 Å². The summed E-state index contributed by atoms with van der Waals surface area (Å²) in [5.74, 6) is 0. The van der Waals surface area contributed by atoms with Gasteiger partial charge >= 0.3 is 0 Å². The summed E-state index contributed by atoms with van der Waals surface area (Å²) in [4.78, 5) is 0. The van der Waals surface area contributed by atoms with Gasteiger partial charge in [0.2, 0.25) is 0 Å². The van der Waals surface area contributed by atoms with Crippen molar-refractivity contribution in [1.82, 2.24) is 9.13 Å². The third kappa shape index (κ3) is 9.61. The lowest BCUT2D eigenvalue weighted by Gasteiger charge is -2.37. The molecule has 0 saturated carbocycles. The van der Waals surface area contributed by atoms with Crippen molar-refractivity contribution in [2.75, 3.05) is 0 Å². The standard InChI is InChI=1S/C79H72N4/c1-75(2,3)61-31-39-71-67(45-61)68-46-62(76(4,5)6)32-40-72(68)82(71)65-35-27-59(28-36-65)79(57-23-19-53(20-24-57)55-17-13-15-51(43-55)49-80,58-25-21-54(22-26-58)56-18-14-16-52(44-56)50-81)60-29-37-66(38-30-60)83-73-41-33-63(77(7,8)9)47-69(73)70-48-64(78(10,11)12)34-42-74(70)83/h13-48H,1-12H3. The topological polar surface area (TPSA) is 57.4 Å². The van der Waals surface area contributed by atoms with Crippen LogP contribution in [0.2, 0.25) is 0 Å². The zero-order valence-electron chi connectivity index (χ0n) is 50.1. The number of nitriles is 2. The Labute approximate surface area is 490 Å². The lowest BCUT2D eigenvalue weighted by Crippen LogP contribution is -2.31. The van der Waals surface area contributed by atoms with Crippen molar-refractivity contribution in [3.8, 4) is 45.8 Å². The Hall–Kier alpha value is -9.22. The van der Waals surface area contributed by atoms with Crippen LogP contribution >= 0.6 is 0 Å². The molecule has 0 atom stereocenters. The molecular formula is C79H72N4. The highest BCUT2D eigenvalue weighted by Gasteiger charge is 2.39. The largest absolute Gasteiger partial charge is 0.309 e. The minimum absolute atomic E-state index is 0.0130. The van der Waals surface area contributed by atoms with E-state index in [0.29, 0.717) is 11.1 Å². The highest BCUT2D eigenvalue weighted by atomic mass is 15.0. The first-order valence-electron chi connectivity index (χ1n) is 29.2. The molecule has 0 amide bonds. The Morgan fingerprint density at radius 1 is 0.265 bits per heavy atom. The summed E-state index contributed by atoms with van der Waals surface area (Å²) in [5, 5.41) is 24.9. The van der Waals surface area contributed by atoms with Crippen molar-refractivity contribution in [2.45, 2.75) is 110 Å². The molecule has 0 aliphatic rings. The van der Waals surface area contributed by atoms with Crippen LogP contribution in [0.5, 0.6) is 0 Å². The summed E-state index contributed by atoms with van der Waals surface area (Å²) < 4.78 is 4.89. The second kappa shape index (κ2) is 20.0. The number of hydrogen-bond donors (Lipinski definition) is 0. The Kier molecular flexibility index (Phi) is 13.1. The van der Waals surface area contributed by atoms with Gasteiger partial charge in [-0.05, 0) is 185 Å². The molecule has 10 aromatic carbocycles. The van der Waals surface area contributed by atoms with Crippen LogP contribution in [0, 0.1) is 22.7 Å². The van der Waals surface area contributed by atoms with Gasteiger partial charge < -0.3 is 9.13 Å². The lowest BCUT2D eigenvalue weighted by atomic mass is 9.65. The SMILES string of the molecule is CC(C)(C)c1ccc2c(c1)c1cc(C(C)(C)C)ccc1n2-c1ccc(C(c2ccc(-c3cccc(C#N)c3)cc2)(c2ccc(-c3cccc(C#N)c3)cc2)c2ccc(-n3c4ccc(C(C)(C)C)cc4c4cc(C(C)(C)C)ccc43)cc2)cc1. The highest BCUT2D eigenvalue weighted by Crippen LogP contribution is 2.48. The molecule has 2 heterocycles. The number of nitrogens with zero attached hydrogens (tertiary/aromatic N) is 4.